The van der Waals surface area contributed by atoms with Crippen LogP contribution in [0.25, 0.3) is 11.3 Å². The Balaban J connectivity index is 0. The smallest absolute Gasteiger partial charge is 1.00 e. The maximum Gasteiger partial charge on any atom is 2.00 e. The Bertz CT molecular complexity index is 874. The van der Waals surface area contributed by atoms with E-state index in [2.05, 4.69) is 65.8 Å². The largest absolute Gasteiger partial charge is 2.00 e. The fraction of sp³-hybridized carbons (Fsp3) is 0.320. The third-order valence-corrected chi connectivity index (χ3v) is 5.63. The maximum absolute atomic E-state index is 7.54. The molecule has 0 aromatic heterocycles. The number of halogens is 2. The zero-order chi connectivity index (χ0) is 19.6. The first-order valence-corrected chi connectivity index (χ1v) is 9.24. The van der Waals surface area contributed by atoms with Gasteiger partial charge >= 0.3 is 21.7 Å². The molecule has 1 aliphatic rings. The quantitative estimate of drug-likeness (QED) is 0.455. The third kappa shape index (κ3) is 6.69. The van der Waals surface area contributed by atoms with E-state index >= 15 is 0 Å². The summed E-state index contributed by atoms with van der Waals surface area (Å²) >= 11 is 0. The van der Waals surface area contributed by atoms with Gasteiger partial charge in [0.2, 0.25) is 0 Å². The Morgan fingerprint density at radius 1 is 0.828 bits per heavy atom. The number of allylic oxidation sites excluding steroid dienone is 4. The summed E-state index contributed by atoms with van der Waals surface area (Å²) < 4.78 is 0. The second kappa shape index (κ2) is 12.6. The predicted octanol–water partition coefficient (Wildman–Crippen LogP) is 1.93. The molecule has 0 spiro atoms. The molecule has 0 saturated carbocycles. The molecule has 1 N–H and O–H groups in total. The molecular formula is C25H31Cl2NTi-2. The van der Waals surface area contributed by atoms with Crippen molar-refractivity contribution in [3.8, 4) is 0 Å². The Hall–Kier alpha value is -1.12. The molecule has 0 bridgehead atoms. The normalized spacial score (nSPS) is 14.9. The Morgan fingerprint density at radius 2 is 1.31 bits per heavy atom. The van der Waals surface area contributed by atoms with Crippen LogP contribution in [0.2, 0.25) is 0 Å². The van der Waals surface area contributed by atoms with Crippen molar-refractivity contribution in [1.29, 1.82) is 0 Å². The molecule has 29 heavy (non-hydrogen) atoms. The first kappa shape index (κ1) is 30.1. The third-order valence-electron chi connectivity index (χ3n) is 5.63. The molecule has 1 nitrogen and oxygen atoms in total. The van der Waals surface area contributed by atoms with Gasteiger partial charge in [0.05, 0.1) is 0 Å². The standard InChI is InChI=1S/C16H19.C9H12N.2ClH.Ti/c1-10-8-6-7-9-15(10)16-13(4)11(2)12(3)14(16)5;1-6-4-7(2)9(10)8(3)5-6;;;/h6-9,13H,1H2,2-5H3;4-5,10H,1-3H3;2*1H;/q2*-1;;;+2/p-2. The average molecular weight is 464 g/mol. The molecule has 156 valence electrons. The zero-order valence-electron chi connectivity index (χ0n) is 18.5. The van der Waals surface area contributed by atoms with E-state index in [9.17, 15) is 0 Å². The van der Waals surface area contributed by atoms with Crippen molar-refractivity contribution < 1.29 is 46.5 Å². The molecule has 1 aliphatic carbocycles. The Labute approximate surface area is 205 Å². The van der Waals surface area contributed by atoms with Crippen LogP contribution in [0.5, 0.6) is 0 Å². The minimum atomic E-state index is 0. The van der Waals surface area contributed by atoms with Crippen LogP contribution < -0.4 is 24.8 Å². The molecule has 4 heteroatoms. The summed E-state index contributed by atoms with van der Waals surface area (Å²) in [5, 5.41) is 0. The van der Waals surface area contributed by atoms with Gasteiger partial charge in [-0.25, -0.2) is 0 Å². The summed E-state index contributed by atoms with van der Waals surface area (Å²) in [4.78, 5) is 0. The molecule has 1 unspecified atom stereocenters. The fourth-order valence-electron chi connectivity index (χ4n) is 3.76. The van der Waals surface area contributed by atoms with E-state index in [-0.39, 0.29) is 46.5 Å². The molecule has 2 aromatic rings. The minimum absolute atomic E-state index is 0. The van der Waals surface area contributed by atoms with Gasteiger partial charge in [0.25, 0.3) is 0 Å². The maximum atomic E-state index is 7.54. The average Bonchev–Trinajstić information content (AvgIpc) is 2.77. The van der Waals surface area contributed by atoms with Crippen LogP contribution in [0.1, 0.15) is 55.5 Å². The predicted molar refractivity (Wildman–Crippen MR) is 116 cm³/mol. The van der Waals surface area contributed by atoms with Gasteiger partial charge in [-0.1, -0.05) is 58.5 Å². The zero-order valence-corrected chi connectivity index (χ0v) is 21.6. The van der Waals surface area contributed by atoms with Gasteiger partial charge in [-0.2, -0.15) is 18.6 Å². The van der Waals surface area contributed by atoms with E-state index in [1.54, 1.807) is 0 Å². The minimum Gasteiger partial charge on any atom is -1.00 e. The molecular weight excluding hydrogens is 433 g/mol. The molecule has 0 saturated heterocycles. The van der Waals surface area contributed by atoms with Gasteiger partial charge in [0, 0.05) is 0 Å². The number of benzene rings is 2. The van der Waals surface area contributed by atoms with Crippen molar-refractivity contribution in [2.24, 2.45) is 5.92 Å². The number of aryl methyl sites for hydroxylation is 3. The van der Waals surface area contributed by atoms with E-state index in [0.717, 1.165) is 16.7 Å². The summed E-state index contributed by atoms with van der Waals surface area (Å²) in [5.74, 6) is 0.530. The Morgan fingerprint density at radius 3 is 1.72 bits per heavy atom. The van der Waals surface area contributed by atoms with E-state index in [4.69, 9.17) is 5.73 Å². The first-order valence-electron chi connectivity index (χ1n) is 9.24. The van der Waals surface area contributed by atoms with Gasteiger partial charge in [-0.05, 0) is 53.0 Å². The number of hydrogen-bond acceptors (Lipinski definition) is 0. The van der Waals surface area contributed by atoms with Gasteiger partial charge in [0.15, 0.2) is 0 Å². The van der Waals surface area contributed by atoms with Gasteiger partial charge < -0.3 is 30.5 Å². The van der Waals surface area contributed by atoms with Gasteiger partial charge in [-0.15, -0.1) is 23.4 Å². The Kier molecular flexibility index (Phi) is 13.0. The molecule has 2 aromatic carbocycles. The van der Waals surface area contributed by atoms with Crippen LogP contribution in [0.15, 0.2) is 53.1 Å². The van der Waals surface area contributed by atoms with Crippen molar-refractivity contribution in [2.75, 3.05) is 0 Å². The fourth-order valence-corrected chi connectivity index (χ4v) is 3.76. The molecule has 3 rings (SSSR count). The molecule has 0 fully saturated rings. The number of nitrogens with one attached hydrogen (secondary N) is 1. The van der Waals surface area contributed by atoms with E-state index in [0.29, 0.717) is 11.6 Å². The first-order chi connectivity index (χ1) is 12.1. The van der Waals surface area contributed by atoms with Gasteiger partial charge in [-0.3, -0.25) is 0 Å². The van der Waals surface area contributed by atoms with Crippen molar-refractivity contribution in [1.82, 2.24) is 0 Å². The van der Waals surface area contributed by atoms with Crippen molar-refractivity contribution in [3.05, 3.63) is 93.6 Å². The van der Waals surface area contributed by atoms with E-state index in [1.807, 2.05) is 26.0 Å². The van der Waals surface area contributed by atoms with Crippen LogP contribution in [-0.4, -0.2) is 0 Å². The van der Waals surface area contributed by atoms with Crippen molar-refractivity contribution in [2.45, 2.75) is 48.5 Å². The molecule has 0 amide bonds. The van der Waals surface area contributed by atoms with Crippen LogP contribution >= 0.6 is 0 Å². The van der Waals surface area contributed by atoms with Crippen molar-refractivity contribution in [3.63, 3.8) is 0 Å². The van der Waals surface area contributed by atoms with Crippen LogP contribution in [0, 0.1) is 33.6 Å². The van der Waals surface area contributed by atoms with Crippen LogP contribution in [0.4, 0.5) is 5.69 Å². The van der Waals surface area contributed by atoms with Crippen LogP contribution in [-0.2, 0) is 21.7 Å². The summed E-state index contributed by atoms with van der Waals surface area (Å²) in [6.45, 7) is 19.1. The molecule has 0 heterocycles. The number of rotatable bonds is 1. The SMILES string of the molecule is Cc1cc(C)c([NH-])c(C)c1.[CH2-]c1ccccc1C1=C(C)C(C)=C(C)C1C.[Cl-].[Cl-].[Ti+2]. The number of hydrogen-bond donors (Lipinski definition) is 0. The van der Waals surface area contributed by atoms with Crippen molar-refractivity contribution >= 4 is 11.3 Å². The second-order valence-corrected chi connectivity index (χ2v) is 7.50. The van der Waals surface area contributed by atoms with Crippen LogP contribution in [0.3, 0.4) is 0 Å². The monoisotopic (exact) mass is 463 g/mol. The van der Waals surface area contributed by atoms with E-state index in [1.165, 1.54) is 33.4 Å². The van der Waals surface area contributed by atoms with Gasteiger partial charge in [0.1, 0.15) is 0 Å². The molecule has 0 radical (unpaired) electrons. The molecule has 0 aliphatic heterocycles. The summed E-state index contributed by atoms with van der Waals surface area (Å²) in [5.41, 5.74) is 19.9. The summed E-state index contributed by atoms with van der Waals surface area (Å²) in [7, 11) is 0. The van der Waals surface area contributed by atoms with E-state index < -0.39 is 0 Å². The second-order valence-electron chi connectivity index (χ2n) is 7.50. The topological polar surface area (TPSA) is 23.8 Å². The molecule has 1 atom stereocenters. The summed E-state index contributed by atoms with van der Waals surface area (Å²) in [6.07, 6.45) is 0. The summed E-state index contributed by atoms with van der Waals surface area (Å²) in [6, 6.07) is 12.5.